The van der Waals surface area contributed by atoms with Crippen LogP contribution in [0.2, 0.25) is 0 Å². The summed E-state index contributed by atoms with van der Waals surface area (Å²) < 4.78 is 31.1. The molecule has 0 saturated carbocycles. The maximum atomic E-state index is 14.5. The average molecular weight is 500 g/mol. The number of carbonyl (C=O) groups is 1. The van der Waals surface area contributed by atoms with Crippen molar-refractivity contribution in [2.45, 2.75) is 26.4 Å². The van der Waals surface area contributed by atoms with Gasteiger partial charge in [0.25, 0.3) is 5.91 Å². The number of rotatable bonds is 7. The molecule has 0 radical (unpaired) electrons. The first-order valence-electron chi connectivity index (χ1n) is 10.7. The van der Waals surface area contributed by atoms with Gasteiger partial charge in [-0.05, 0) is 44.5 Å². The number of aryl methyl sites for hydroxylation is 1. The lowest BCUT2D eigenvalue weighted by Crippen LogP contribution is -2.52. The zero-order chi connectivity index (χ0) is 25.3. The number of nitrogens with zero attached hydrogens (tertiary/aromatic N) is 4. The lowest BCUT2D eigenvalue weighted by atomic mass is 10.1. The predicted molar refractivity (Wildman–Crippen MR) is 134 cm³/mol. The van der Waals surface area contributed by atoms with Crippen molar-refractivity contribution in [2.75, 3.05) is 36.0 Å². The summed E-state index contributed by atoms with van der Waals surface area (Å²) in [5, 5.41) is 5.90. The molecule has 3 aromatic rings. The molecule has 1 aromatic carbocycles. The number of hydrogen-bond donors (Lipinski definition) is 2. The van der Waals surface area contributed by atoms with Crippen LogP contribution < -0.4 is 29.7 Å². The van der Waals surface area contributed by atoms with Crippen molar-refractivity contribution < 1.29 is 23.4 Å². The largest absolute Gasteiger partial charge is 0.493 e. The third-order valence-electron chi connectivity index (χ3n) is 5.31. The average Bonchev–Trinajstić information content (AvgIpc) is 2.82. The summed E-state index contributed by atoms with van der Waals surface area (Å²) in [5.74, 6) is 1.40. The highest BCUT2D eigenvalue weighted by atomic mass is 31.0. The first-order chi connectivity index (χ1) is 16.7. The third-order valence-corrected chi connectivity index (χ3v) is 5.68. The number of benzene rings is 1. The minimum atomic E-state index is -1.01. The van der Waals surface area contributed by atoms with Crippen LogP contribution in [0.3, 0.4) is 0 Å². The second-order valence-corrected chi connectivity index (χ2v) is 8.58. The van der Waals surface area contributed by atoms with E-state index in [9.17, 15) is 9.18 Å². The van der Waals surface area contributed by atoms with Gasteiger partial charge >= 0.3 is 0 Å². The second-order valence-electron chi connectivity index (χ2n) is 8.22. The Morgan fingerprint density at radius 2 is 1.94 bits per heavy atom. The summed E-state index contributed by atoms with van der Waals surface area (Å²) in [4.78, 5) is 26.9. The van der Waals surface area contributed by atoms with Crippen LogP contribution in [0.25, 0.3) is 0 Å². The number of halogens is 1. The van der Waals surface area contributed by atoms with E-state index in [4.69, 9.17) is 14.2 Å². The Labute approximate surface area is 204 Å². The summed E-state index contributed by atoms with van der Waals surface area (Å²) in [6, 6.07) is 6.86. The Balaban J connectivity index is 1.61. The van der Waals surface area contributed by atoms with Gasteiger partial charge in [0.15, 0.2) is 40.3 Å². The molecule has 1 unspecified atom stereocenters. The standard InChI is InChI=1S/C23H26FN6O4P/c1-12-8-13(9-16(32-4)18(12)33-5)26-22-25-10-14(24)19(29-22)27-17-7-6-15-20(28-17)30(11-35)21(31)23(2,3)34-15/h6-10H,11,35H2,1-5H3,(H2,25,26,27,28,29). The zero-order valence-electron chi connectivity index (χ0n) is 20.0. The van der Waals surface area contributed by atoms with Gasteiger partial charge in [0, 0.05) is 18.0 Å². The fourth-order valence-corrected chi connectivity index (χ4v) is 4.02. The summed E-state index contributed by atoms with van der Waals surface area (Å²) in [7, 11) is 5.61. The van der Waals surface area contributed by atoms with E-state index in [2.05, 4.69) is 34.8 Å². The van der Waals surface area contributed by atoms with Crippen LogP contribution in [0.15, 0.2) is 30.5 Å². The van der Waals surface area contributed by atoms with Gasteiger partial charge in [-0.2, -0.15) is 4.98 Å². The third kappa shape index (κ3) is 4.77. The fraction of sp³-hybridized carbons (Fsp3) is 0.304. The molecule has 35 heavy (non-hydrogen) atoms. The van der Waals surface area contributed by atoms with Gasteiger partial charge in [0.2, 0.25) is 5.95 Å². The van der Waals surface area contributed by atoms with Gasteiger partial charge in [0.05, 0.1) is 20.4 Å². The molecule has 0 bridgehead atoms. The Hall–Kier alpha value is -3.72. The molecule has 0 fully saturated rings. The normalized spacial score (nSPS) is 14.1. The first-order valence-corrected chi connectivity index (χ1v) is 11.5. The zero-order valence-corrected chi connectivity index (χ0v) is 21.1. The minimum Gasteiger partial charge on any atom is -0.493 e. The first kappa shape index (κ1) is 24.4. The molecule has 184 valence electrons. The molecule has 0 aliphatic carbocycles. The molecule has 2 N–H and O–H groups in total. The van der Waals surface area contributed by atoms with Crippen LogP contribution in [0.4, 0.5) is 33.5 Å². The second kappa shape index (κ2) is 9.50. The number of hydrogen-bond acceptors (Lipinski definition) is 9. The van der Waals surface area contributed by atoms with Gasteiger partial charge in [0.1, 0.15) is 5.82 Å². The number of nitrogens with one attached hydrogen (secondary N) is 2. The topological polar surface area (TPSA) is 111 Å². The minimum absolute atomic E-state index is 0.0899. The molecule has 1 atom stereocenters. The molecular formula is C23H26FN6O4P. The maximum Gasteiger partial charge on any atom is 0.272 e. The van der Waals surface area contributed by atoms with Crippen LogP contribution in [-0.4, -0.2) is 47.0 Å². The lowest BCUT2D eigenvalue weighted by Gasteiger charge is -2.37. The van der Waals surface area contributed by atoms with Crippen LogP contribution in [0.1, 0.15) is 19.4 Å². The van der Waals surface area contributed by atoms with Gasteiger partial charge in [-0.25, -0.2) is 14.4 Å². The molecular weight excluding hydrogens is 474 g/mol. The molecule has 12 heteroatoms. The number of aromatic nitrogens is 3. The summed E-state index contributed by atoms with van der Waals surface area (Å²) in [5.41, 5.74) is 0.466. The van der Waals surface area contributed by atoms with Crippen molar-refractivity contribution in [3.05, 3.63) is 41.8 Å². The van der Waals surface area contributed by atoms with Gasteiger partial charge in [-0.1, -0.05) is 0 Å². The van der Waals surface area contributed by atoms with E-state index < -0.39 is 11.4 Å². The van der Waals surface area contributed by atoms with Crippen molar-refractivity contribution in [1.82, 2.24) is 15.0 Å². The quantitative estimate of drug-likeness (QED) is 0.462. The highest BCUT2D eigenvalue weighted by Crippen LogP contribution is 2.38. The van der Waals surface area contributed by atoms with Gasteiger partial charge in [-0.3, -0.25) is 9.69 Å². The van der Waals surface area contributed by atoms with Crippen LogP contribution in [-0.2, 0) is 4.79 Å². The Bertz CT molecular complexity index is 1290. The summed E-state index contributed by atoms with van der Waals surface area (Å²) in [6.45, 7) is 5.27. The van der Waals surface area contributed by atoms with Gasteiger partial charge in [-0.15, -0.1) is 9.24 Å². The van der Waals surface area contributed by atoms with E-state index in [-0.39, 0.29) is 23.5 Å². The molecule has 2 aromatic heterocycles. The maximum absolute atomic E-state index is 14.5. The van der Waals surface area contributed by atoms with E-state index in [0.717, 1.165) is 11.8 Å². The van der Waals surface area contributed by atoms with E-state index in [0.29, 0.717) is 35.0 Å². The van der Waals surface area contributed by atoms with Crippen molar-refractivity contribution >= 4 is 44.2 Å². The van der Waals surface area contributed by atoms with E-state index >= 15 is 0 Å². The van der Waals surface area contributed by atoms with Crippen molar-refractivity contribution in [1.29, 1.82) is 0 Å². The number of methoxy groups -OCH3 is 2. The van der Waals surface area contributed by atoms with Crippen molar-refractivity contribution in [3.63, 3.8) is 0 Å². The molecule has 1 amide bonds. The number of ether oxygens (including phenoxy) is 3. The van der Waals surface area contributed by atoms with E-state index in [1.165, 1.54) is 4.90 Å². The Morgan fingerprint density at radius 3 is 2.63 bits per heavy atom. The number of pyridine rings is 1. The number of anilines is 5. The van der Waals surface area contributed by atoms with Crippen molar-refractivity contribution in [3.8, 4) is 17.2 Å². The fourth-order valence-electron chi connectivity index (χ4n) is 3.68. The smallest absolute Gasteiger partial charge is 0.272 e. The predicted octanol–water partition coefficient (Wildman–Crippen LogP) is 4.16. The monoisotopic (exact) mass is 500 g/mol. The molecule has 1 aliphatic heterocycles. The van der Waals surface area contributed by atoms with Crippen LogP contribution >= 0.6 is 9.24 Å². The molecule has 4 rings (SSSR count). The number of amides is 1. The van der Waals surface area contributed by atoms with Crippen LogP contribution in [0, 0.1) is 12.7 Å². The van der Waals surface area contributed by atoms with Crippen LogP contribution in [0.5, 0.6) is 17.2 Å². The number of carbonyl (C=O) groups excluding carboxylic acids is 1. The van der Waals surface area contributed by atoms with Gasteiger partial charge < -0.3 is 24.8 Å². The van der Waals surface area contributed by atoms with E-state index in [1.807, 2.05) is 13.0 Å². The SMILES string of the molecule is COc1cc(Nc2ncc(F)c(Nc3ccc4c(n3)N(CP)C(=O)C(C)(C)O4)n2)cc(C)c1OC. The highest BCUT2D eigenvalue weighted by molar-refractivity contribution is 7.16. The lowest BCUT2D eigenvalue weighted by molar-refractivity contribution is -0.132. The Morgan fingerprint density at radius 1 is 1.17 bits per heavy atom. The molecule has 1 aliphatic rings. The number of fused-ring (bicyclic) bond motifs is 1. The summed E-state index contributed by atoms with van der Waals surface area (Å²) in [6.07, 6.45) is 1.38. The highest BCUT2D eigenvalue weighted by Gasteiger charge is 2.41. The molecule has 3 heterocycles. The molecule has 0 spiro atoms. The van der Waals surface area contributed by atoms with E-state index in [1.54, 1.807) is 46.3 Å². The van der Waals surface area contributed by atoms with Crippen molar-refractivity contribution in [2.24, 2.45) is 0 Å². The Kier molecular flexibility index (Phi) is 6.62. The molecule has 10 nitrogen and oxygen atoms in total. The summed E-state index contributed by atoms with van der Waals surface area (Å²) >= 11 is 0. The molecule has 0 saturated heterocycles.